The summed E-state index contributed by atoms with van der Waals surface area (Å²) in [5.41, 5.74) is 0.660. The van der Waals surface area contributed by atoms with E-state index in [0.29, 0.717) is 23.7 Å². The van der Waals surface area contributed by atoms with Crippen molar-refractivity contribution in [3.8, 4) is 0 Å². The Bertz CT molecular complexity index is 1060. The van der Waals surface area contributed by atoms with Crippen LogP contribution in [0.1, 0.15) is 24.4 Å². The number of furan rings is 1. The molecule has 0 saturated heterocycles. The molecule has 0 unspecified atom stereocenters. The highest BCUT2D eigenvalue weighted by atomic mass is 35.5. The molecule has 0 saturated carbocycles. The molecule has 3 aromatic rings. The minimum atomic E-state index is -3.31. The minimum Gasteiger partial charge on any atom is -0.459 e. The first-order chi connectivity index (χ1) is 13.3. The van der Waals surface area contributed by atoms with Crippen molar-refractivity contribution in [1.82, 2.24) is 9.88 Å². The van der Waals surface area contributed by atoms with Crippen molar-refractivity contribution >= 4 is 54.8 Å². The molecule has 158 valence electrons. The number of benzene rings is 1. The maximum atomic E-state index is 13.0. The summed E-state index contributed by atoms with van der Waals surface area (Å²) in [5, 5.41) is 0.522. The van der Waals surface area contributed by atoms with Crippen LogP contribution in [-0.2, 0) is 9.84 Å². The molecule has 2 aromatic heterocycles. The number of halogens is 1. The zero-order valence-electron chi connectivity index (χ0n) is 16.5. The van der Waals surface area contributed by atoms with Crippen LogP contribution in [0.4, 0.5) is 5.13 Å². The first kappa shape index (κ1) is 23.3. The molecular weight excluding hydrogens is 434 g/mol. The molecule has 0 fully saturated rings. The number of carbonyl (C=O) groups is 1. The highest BCUT2D eigenvalue weighted by Gasteiger charge is 2.24. The van der Waals surface area contributed by atoms with Gasteiger partial charge >= 0.3 is 0 Å². The summed E-state index contributed by atoms with van der Waals surface area (Å²) in [6.07, 6.45) is 2.64. The molecule has 1 amide bonds. The van der Waals surface area contributed by atoms with Gasteiger partial charge in [0.25, 0.3) is 5.91 Å². The molecule has 0 atom stereocenters. The summed E-state index contributed by atoms with van der Waals surface area (Å²) in [4.78, 5) is 21.6. The maximum Gasteiger partial charge on any atom is 0.295 e. The molecule has 0 spiro atoms. The molecule has 3 rings (SSSR count). The van der Waals surface area contributed by atoms with E-state index in [1.54, 1.807) is 29.2 Å². The Labute approximate surface area is 180 Å². The SMILES string of the molecule is CCN(CC)CCN(C(=O)c1ccco1)c1nc2ccc(S(C)(=O)=O)cc2s1.Cl. The molecule has 0 bridgehead atoms. The van der Waals surface area contributed by atoms with Gasteiger partial charge in [-0.25, -0.2) is 13.4 Å². The molecule has 1 aromatic carbocycles. The second kappa shape index (κ2) is 9.71. The predicted octanol–water partition coefficient (Wildman–Crippen LogP) is 3.70. The van der Waals surface area contributed by atoms with E-state index in [1.807, 2.05) is 0 Å². The Balaban J connectivity index is 0.00000300. The monoisotopic (exact) mass is 457 g/mol. The van der Waals surface area contributed by atoms with Crippen molar-refractivity contribution < 1.29 is 17.6 Å². The molecule has 0 N–H and O–H groups in total. The van der Waals surface area contributed by atoms with Crippen LogP contribution in [0.25, 0.3) is 10.2 Å². The molecular formula is C19H24ClN3O4S2. The van der Waals surface area contributed by atoms with Crippen molar-refractivity contribution in [2.75, 3.05) is 37.3 Å². The van der Waals surface area contributed by atoms with Crippen molar-refractivity contribution in [3.63, 3.8) is 0 Å². The average Bonchev–Trinajstić information content (AvgIpc) is 3.33. The summed E-state index contributed by atoms with van der Waals surface area (Å²) >= 11 is 1.30. The highest BCUT2D eigenvalue weighted by molar-refractivity contribution is 7.90. The van der Waals surface area contributed by atoms with Gasteiger partial charge in [-0.2, -0.15) is 0 Å². The van der Waals surface area contributed by atoms with Crippen LogP contribution in [0.2, 0.25) is 0 Å². The second-order valence-electron chi connectivity index (χ2n) is 6.36. The largest absolute Gasteiger partial charge is 0.459 e. The summed E-state index contributed by atoms with van der Waals surface area (Å²) in [6.45, 7) is 7.08. The van der Waals surface area contributed by atoms with E-state index >= 15 is 0 Å². The number of rotatable bonds is 8. The average molecular weight is 458 g/mol. The Morgan fingerprint density at radius 3 is 2.48 bits per heavy atom. The number of nitrogens with zero attached hydrogens (tertiary/aromatic N) is 3. The summed E-state index contributed by atoms with van der Waals surface area (Å²) < 4.78 is 29.7. The first-order valence-electron chi connectivity index (χ1n) is 9.01. The fraction of sp³-hybridized carbons (Fsp3) is 0.368. The number of thiazole rings is 1. The van der Waals surface area contributed by atoms with Crippen LogP contribution >= 0.6 is 23.7 Å². The lowest BCUT2D eigenvalue weighted by atomic mass is 10.3. The van der Waals surface area contributed by atoms with Gasteiger partial charge in [0.1, 0.15) is 0 Å². The molecule has 7 nitrogen and oxygen atoms in total. The van der Waals surface area contributed by atoms with Crippen molar-refractivity contribution in [2.24, 2.45) is 0 Å². The third kappa shape index (κ3) is 5.36. The van der Waals surface area contributed by atoms with Gasteiger partial charge in [0.15, 0.2) is 20.7 Å². The van der Waals surface area contributed by atoms with Gasteiger partial charge in [0.05, 0.1) is 21.4 Å². The number of carbonyl (C=O) groups excluding carboxylic acids is 1. The molecule has 29 heavy (non-hydrogen) atoms. The quantitative estimate of drug-likeness (QED) is 0.512. The topological polar surface area (TPSA) is 83.7 Å². The van der Waals surface area contributed by atoms with E-state index in [9.17, 15) is 13.2 Å². The smallest absolute Gasteiger partial charge is 0.295 e. The Hall–Kier alpha value is -1.94. The van der Waals surface area contributed by atoms with Gasteiger partial charge in [-0.3, -0.25) is 9.69 Å². The Kier molecular flexibility index (Phi) is 7.81. The minimum absolute atomic E-state index is 0. The second-order valence-corrected chi connectivity index (χ2v) is 9.38. The van der Waals surface area contributed by atoms with Crippen LogP contribution < -0.4 is 4.90 Å². The summed E-state index contributed by atoms with van der Waals surface area (Å²) in [6, 6.07) is 8.11. The van der Waals surface area contributed by atoms with E-state index in [2.05, 4.69) is 23.7 Å². The van der Waals surface area contributed by atoms with Gasteiger partial charge in [0, 0.05) is 19.3 Å². The van der Waals surface area contributed by atoms with Crippen LogP contribution in [0.15, 0.2) is 45.9 Å². The van der Waals surface area contributed by atoms with Crippen molar-refractivity contribution in [3.05, 3.63) is 42.4 Å². The van der Waals surface area contributed by atoms with Crippen molar-refractivity contribution in [2.45, 2.75) is 18.7 Å². The summed E-state index contributed by atoms with van der Waals surface area (Å²) in [5.74, 6) is -0.0184. The molecule has 0 aliphatic heterocycles. The number of anilines is 1. The number of sulfone groups is 1. The number of amides is 1. The lowest BCUT2D eigenvalue weighted by Crippen LogP contribution is -2.38. The number of aromatic nitrogens is 1. The molecule has 2 heterocycles. The lowest BCUT2D eigenvalue weighted by molar-refractivity contribution is 0.0957. The van der Waals surface area contributed by atoms with E-state index in [0.717, 1.165) is 17.8 Å². The van der Waals surface area contributed by atoms with Gasteiger partial charge in [-0.05, 0) is 43.4 Å². The van der Waals surface area contributed by atoms with E-state index in [-0.39, 0.29) is 29.0 Å². The summed E-state index contributed by atoms with van der Waals surface area (Å²) in [7, 11) is -3.31. The van der Waals surface area contributed by atoms with Gasteiger partial charge in [-0.15, -0.1) is 12.4 Å². The first-order valence-corrected chi connectivity index (χ1v) is 11.7. The van der Waals surface area contributed by atoms with Crippen LogP contribution in [0, 0.1) is 0 Å². The van der Waals surface area contributed by atoms with Gasteiger partial charge in [0.2, 0.25) is 0 Å². The third-order valence-electron chi connectivity index (χ3n) is 4.52. The van der Waals surface area contributed by atoms with Gasteiger partial charge < -0.3 is 9.32 Å². The lowest BCUT2D eigenvalue weighted by Gasteiger charge is -2.24. The maximum absolute atomic E-state index is 13.0. The van der Waals surface area contributed by atoms with Crippen LogP contribution in [0.5, 0.6) is 0 Å². The van der Waals surface area contributed by atoms with Crippen LogP contribution in [0.3, 0.4) is 0 Å². The Morgan fingerprint density at radius 1 is 1.17 bits per heavy atom. The normalized spacial score (nSPS) is 11.6. The molecule has 0 aliphatic carbocycles. The molecule has 10 heteroatoms. The molecule has 0 radical (unpaired) electrons. The van der Waals surface area contributed by atoms with Crippen molar-refractivity contribution in [1.29, 1.82) is 0 Å². The highest BCUT2D eigenvalue weighted by Crippen LogP contribution is 2.31. The standard InChI is InChI=1S/C19H23N3O4S2.ClH/c1-4-21(5-2)10-11-22(18(23)16-7-6-12-26-16)19-20-15-9-8-14(28(3,24)25)13-17(15)27-19;/h6-9,12-13H,4-5,10-11H2,1-3H3;1H. The zero-order chi connectivity index (χ0) is 20.3. The number of fused-ring (bicyclic) bond motifs is 1. The number of hydrogen-bond donors (Lipinski definition) is 0. The van der Waals surface area contributed by atoms with E-state index in [1.165, 1.54) is 29.9 Å². The number of likely N-dealkylation sites (N-methyl/N-ethyl adjacent to an activating group) is 1. The third-order valence-corrected chi connectivity index (χ3v) is 6.67. The van der Waals surface area contributed by atoms with Gasteiger partial charge in [-0.1, -0.05) is 25.2 Å². The van der Waals surface area contributed by atoms with E-state index < -0.39 is 9.84 Å². The Morgan fingerprint density at radius 2 is 1.90 bits per heavy atom. The predicted molar refractivity (Wildman–Crippen MR) is 118 cm³/mol. The molecule has 0 aliphatic rings. The fourth-order valence-electron chi connectivity index (χ4n) is 2.84. The van der Waals surface area contributed by atoms with Crippen LogP contribution in [-0.4, -0.2) is 56.6 Å². The number of hydrogen-bond acceptors (Lipinski definition) is 7. The fourth-order valence-corrected chi connectivity index (χ4v) is 4.59. The van der Waals surface area contributed by atoms with E-state index in [4.69, 9.17) is 4.42 Å². The zero-order valence-corrected chi connectivity index (χ0v) is 18.9.